The van der Waals surface area contributed by atoms with Crippen molar-refractivity contribution in [3.63, 3.8) is 0 Å². The minimum atomic E-state index is -0.684. The molecule has 1 aromatic rings. The van der Waals surface area contributed by atoms with Gasteiger partial charge in [-0.1, -0.05) is 11.8 Å². The van der Waals surface area contributed by atoms with Crippen LogP contribution in [-0.2, 0) is 4.74 Å². The molecule has 0 spiro atoms. The second-order valence-electron chi connectivity index (χ2n) is 1.96. The van der Waals surface area contributed by atoms with Crippen molar-refractivity contribution in [2.45, 2.75) is 5.09 Å². The molecule has 0 bridgehead atoms. The van der Waals surface area contributed by atoms with Gasteiger partial charge < -0.3 is 9.15 Å². The fraction of sp³-hybridized carbons (Fsp3) is 0.286. The number of nitrogens with zero attached hydrogens (tertiary/aromatic N) is 2. The lowest BCUT2D eigenvalue weighted by atomic mass is 10.5. The lowest BCUT2D eigenvalue weighted by molar-refractivity contribution is 0.0550. The Kier molecular flexibility index (Phi) is 2.93. The average molecular weight is 198 g/mol. The number of ether oxygens (including phenoxy) is 1. The number of aromatic nitrogens is 1. The van der Waals surface area contributed by atoms with Gasteiger partial charge in [0, 0.05) is 0 Å². The predicted octanol–water partition coefficient (Wildman–Crippen LogP) is 1.05. The lowest BCUT2D eigenvalue weighted by Crippen LogP contribution is -2.00. The number of hydrogen-bond donors (Lipinski definition) is 0. The number of thioether (sulfide) groups is 1. The van der Waals surface area contributed by atoms with Gasteiger partial charge in [-0.05, 0) is 6.26 Å². The van der Waals surface area contributed by atoms with Gasteiger partial charge in [0.25, 0.3) is 0 Å². The highest BCUT2D eigenvalue weighted by Gasteiger charge is 2.18. The van der Waals surface area contributed by atoms with Crippen LogP contribution in [0.1, 0.15) is 16.4 Å². The van der Waals surface area contributed by atoms with Crippen LogP contribution in [0.5, 0.6) is 0 Å². The minimum absolute atomic E-state index is 0.105. The van der Waals surface area contributed by atoms with E-state index in [2.05, 4.69) is 9.72 Å². The van der Waals surface area contributed by atoms with Gasteiger partial charge in [-0.3, -0.25) is 0 Å². The Morgan fingerprint density at radius 2 is 2.46 bits per heavy atom. The minimum Gasteiger partial charge on any atom is -0.462 e. The molecule has 1 heterocycles. The average Bonchev–Trinajstić information content (AvgIpc) is 2.59. The number of oxazole rings is 1. The number of esters is 1. The Morgan fingerprint density at radius 3 is 2.85 bits per heavy atom. The standard InChI is InChI=1S/C7H6N2O3S/c1-11-6(10)5-9-4(3-8)7(12-5)13-2/h1-2H3. The predicted molar refractivity (Wildman–Crippen MR) is 44.3 cm³/mol. The summed E-state index contributed by atoms with van der Waals surface area (Å²) in [5.74, 6) is -0.875. The molecule has 68 valence electrons. The normalized spacial score (nSPS) is 9.31. The van der Waals surface area contributed by atoms with E-state index in [1.165, 1.54) is 18.9 Å². The fourth-order valence-corrected chi connectivity index (χ4v) is 1.14. The molecule has 0 radical (unpaired) electrons. The van der Waals surface area contributed by atoms with E-state index in [0.29, 0.717) is 5.09 Å². The van der Waals surface area contributed by atoms with Crippen LogP contribution < -0.4 is 0 Å². The van der Waals surface area contributed by atoms with E-state index in [1.54, 1.807) is 6.26 Å². The Bertz CT molecular complexity index is 366. The van der Waals surface area contributed by atoms with Crippen molar-refractivity contribution in [2.75, 3.05) is 13.4 Å². The van der Waals surface area contributed by atoms with E-state index in [4.69, 9.17) is 9.68 Å². The molecule has 5 nitrogen and oxygen atoms in total. The van der Waals surface area contributed by atoms with Gasteiger partial charge in [-0.2, -0.15) is 10.2 Å². The van der Waals surface area contributed by atoms with Crippen LogP contribution in [0, 0.1) is 11.3 Å². The molecule has 0 amide bonds. The van der Waals surface area contributed by atoms with Gasteiger partial charge in [-0.25, -0.2) is 4.79 Å². The second kappa shape index (κ2) is 3.96. The summed E-state index contributed by atoms with van der Waals surface area (Å²) in [6.07, 6.45) is 1.72. The van der Waals surface area contributed by atoms with Gasteiger partial charge >= 0.3 is 11.9 Å². The zero-order chi connectivity index (χ0) is 9.84. The van der Waals surface area contributed by atoms with Gasteiger partial charge in [-0.15, -0.1) is 0 Å². The molecule has 0 atom stereocenters. The van der Waals surface area contributed by atoms with Crippen molar-refractivity contribution < 1.29 is 13.9 Å². The molecule has 0 saturated heterocycles. The van der Waals surface area contributed by atoms with Gasteiger partial charge in [0.15, 0.2) is 10.8 Å². The molecule has 0 aliphatic rings. The maximum atomic E-state index is 10.9. The largest absolute Gasteiger partial charge is 0.462 e. The van der Waals surface area contributed by atoms with E-state index >= 15 is 0 Å². The van der Waals surface area contributed by atoms with E-state index in [-0.39, 0.29) is 11.6 Å². The molecule has 0 aromatic carbocycles. The third-order valence-electron chi connectivity index (χ3n) is 1.25. The smallest absolute Gasteiger partial charge is 0.394 e. The summed E-state index contributed by atoms with van der Waals surface area (Å²) in [5, 5.41) is 8.90. The molecule has 0 aliphatic carbocycles. The highest BCUT2D eigenvalue weighted by atomic mass is 32.2. The molecule has 0 fully saturated rings. The monoisotopic (exact) mass is 198 g/mol. The summed E-state index contributed by atoms with van der Waals surface area (Å²) < 4.78 is 9.34. The molecule has 13 heavy (non-hydrogen) atoms. The number of nitriles is 1. The Labute approximate surface area is 78.7 Å². The second-order valence-corrected chi connectivity index (χ2v) is 2.74. The molecular formula is C7H6N2O3S. The van der Waals surface area contributed by atoms with Crippen LogP contribution in [-0.4, -0.2) is 24.3 Å². The zero-order valence-corrected chi connectivity index (χ0v) is 7.84. The molecule has 6 heteroatoms. The first-order valence-electron chi connectivity index (χ1n) is 3.26. The van der Waals surface area contributed by atoms with Crippen LogP contribution in [0.2, 0.25) is 0 Å². The van der Waals surface area contributed by atoms with Crippen LogP contribution in [0.4, 0.5) is 0 Å². The lowest BCUT2D eigenvalue weighted by Gasteiger charge is -1.89. The van der Waals surface area contributed by atoms with E-state index in [1.807, 2.05) is 6.07 Å². The third-order valence-corrected chi connectivity index (χ3v) is 1.89. The van der Waals surface area contributed by atoms with Crippen molar-refractivity contribution in [1.82, 2.24) is 4.98 Å². The fourth-order valence-electron chi connectivity index (χ4n) is 0.690. The van der Waals surface area contributed by atoms with E-state index in [0.717, 1.165) is 0 Å². The Morgan fingerprint density at radius 1 is 1.77 bits per heavy atom. The van der Waals surface area contributed by atoms with Crippen LogP contribution in [0.25, 0.3) is 0 Å². The molecular weight excluding hydrogens is 192 g/mol. The molecule has 0 aliphatic heterocycles. The number of hydrogen-bond acceptors (Lipinski definition) is 6. The molecule has 0 saturated carbocycles. The summed E-state index contributed by atoms with van der Waals surface area (Å²) >= 11 is 1.21. The highest BCUT2D eigenvalue weighted by Crippen LogP contribution is 2.20. The van der Waals surface area contributed by atoms with Gasteiger partial charge in [0.1, 0.15) is 6.07 Å². The number of carbonyl (C=O) groups excluding carboxylic acids is 1. The van der Waals surface area contributed by atoms with Gasteiger partial charge in [0.05, 0.1) is 7.11 Å². The maximum Gasteiger partial charge on any atom is 0.394 e. The first-order chi connectivity index (χ1) is 6.22. The van der Waals surface area contributed by atoms with Crippen LogP contribution in [0.15, 0.2) is 9.51 Å². The summed E-state index contributed by atoms with van der Waals surface area (Å²) in [6, 6.07) is 1.81. The topological polar surface area (TPSA) is 76.1 Å². The van der Waals surface area contributed by atoms with Crippen molar-refractivity contribution in [3.05, 3.63) is 11.6 Å². The molecule has 1 aromatic heterocycles. The van der Waals surface area contributed by atoms with Crippen molar-refractivity contribution in [3.8, 4) is 6.07 Å². The summed E-state index contributed by atoms with van der Waals surface area (Å²) in [5.41, 5.74) is 0.105. The first kappa shape index (κ1) is 9.61. The summed E-state index contributed by atoms with van der Waals surface area (Å²) in [6.45, 7) is 0. The van der Waals surface area contributed by atoms with Crippen LogP contribution >= 0.6 is 11.8 Å². The third kappa shape index (κ3) is 1.81. The van der Waals surface area contributed by atoms with Crippen LogP contribution in [0.3, 0.4) is 0 Å². The first-order valence-corrected chi connectivity index (χ1v) is 4.48. The number of carbonyl (C=O) groups is 1. The van der Waals surface area contributed by atoms with Crippen molar-refractivity contribution in [2.24, 2.45) is 0 Å². The summed E-state index contributed by atoms with van der Waals surface area (Å²) in [7, 11) is 1.22. The Balaban J connectivity index is 3.08. The Hall–Kier alpha value is -1.48. The highest BCUT2D eigenvalue weighted by molar-refractivity contribution is 7.98. The molecule has 0 unspecified atom stereocenters. The SMILES string of the molecule is COC(=O)c1nc(C#N)c(SC)o1. The molecule has 1 rings (SSSR count). The van der Waals surface area contributed by atoms with Gasteiger partial charge in [0.2, 0.25) is 0 Å². The maximum absolute atomic E-state index is 10.9. The zero-order valence-electron chi connectivity index (χ0n) is 7.03. The van der Waals surface area contributed by atoms with E-state index < -0.39 is 5.97 Å². The number of methoxy groups -OCH3 is 1. The van der Waals surface area contributed by atoms with Crippen molar-refractivity contribution in [1.29, 1.82) is 5.26 Å². The van der Waals surface area contributed by atoms with Crippen molar-refractivity contribution >= 4 is 17.7 Å². The number of rotatable bonds is 2. The van der Waals surface area contributed by atoms with E-state index in [9.17, 15) is 4.79 Å². The molecule has 0 N–H and O–H groups in total. The summed E-state index contributed by atoms with van der Waals surface area (Å²) in [4.78, 5) is 14.6. The quantitative estimate of drug-likeness (QED) is 0.522.